The maximum absolute atomic E-state index is 12.6. The number of nitrogens with one attached hydrogen (secondary N) is 1. The minimum Gasteiger partial charge on any atom is -0.389 e. The fourth-order valence-corrected chi connectivity index (χ4v) is 4.86. The van der Waals surface area contributed by atoms with Gasteiger partial charge in [0, 0.05) is 18.0 Å². The van der Waals surface area contributed by atoms with Crippen molar-refractivity contribution in [2.45, 2.75) is 45.8 Å². The van der Waals surface area contributed by atoms with E-state index in [2.05, 4.69) is 16.9 Å². The molecule has 0 saturated carbocycles. The molecule has 6 nitrogen and oxygen atoms in total. The number of aromatic amines is 1. The van der Waals surface area contributed by atoms with Gasteiger partial charge in [-0.25, -0.2) is 4.98 Å². The number of aliphatic hydroxyl groups excluding tert-OH is 1. The summed E-state index contributed by atoms with van der Waals surface area (Å²) in [5, 5.41) is 10.7. The van der Waals surface area contributed by atoms with Crippen molar-refractivity contribution >= 4 is 21.6 Å². The lowest BCUT2D eigenvalue weighted by Crippen LogP contribution is -2.32. The van der Waals surface area contributed by atoms with Gasteiger partial charge < -0.3 is 14.8 Å². The van der Waals surface area contributed by atoms with E-state index in [1.54, 1.807) is 11.3 Å². The van der Waals surface area contributed by atoms with Crippen LogP contribution < -0.4 is 5.56 Å². The summed E-state index contributed by atoms with van der Waals surface area (Å²) < 4.78 is 5.23. The molecule has 0 bridgehead atoms. The highest BCUT2D eigenvalue weighted by Crippen LogP contribution is 2.35. The molecule has 7 heteroatoms. The Kier molecular flexibility index (Phi) is 5.89. The fourth-order valence-electron chi connectivity index (χ4n) is 3.45. The number of thiophene rings is 1. The molecular weight excluding hydrogens is 338 g/mol. The summed E-state index contributed by atoms with van der Waals surface area (Å²) in [6, 6.07) is 0. The highest BCUT2D eigenvalue weighted by Gasteiger charge is 2.23. The molecule has 0 aromatic carbocycles. The molecule has 0 radical (unpaired) electrons. The molecule has 0 aliphatic heterocycles. The highest BCUT2D eigenvalue weighted by molar-refractivity contribution is 7.18. The molecule has 0 fully saturated rings. The smallest absolute Gasteiger partial charge is 0.259 e. The van der Waals surface area contributed by atoms with E-state index < -0.39 is 6.10 Å². The molecule has 2 aromatic heterocycles. The summed E-state index contributed by atoms with van der Waals surface area (Å²) in [5.74, 6) is 1.33. The van der Waals surface area contributed by atoms with Gasteiger partial charge in [-0.3, -0.25) is 9.69 Å². The number of hydrogen-bond donors (Lipinski definition) is 2. The number of H-pyrrole nitrogens is 1. The van der Waals surface area contributed by atoms with E-state index in [1.807, 2.05) is 18.9 Å². The molecule has 2 heterocycles. The van der Waals surface area contributed by atoms with Gasteiger partial charge in [0.25, 0.3) is 5.56 Å². The van der Waals surface area contributed by atoms with Crippen molar-refractivity contribution in [2.24, 2.45) is 5.92 Å². The monoisotopic (exact) mass is 365 g/mol. The van der Waals surface area contributed by atoms with Crippen LogP contribution in [0.3, 0.4) is 0 Å². The third kappa shape index (κ3) is 4.28. The van der Waals surface area contributed by atoms with E-state index in [1.165, 1.54) is 10.4 Å². The van der Waals surface area contributed by atoms with Crippen LogP contribution in [0, 0.1) is 5.92 Å². The Morgan fingerprint density at radius 2 is 2.32 bits per heavy atom. The standard InChI is InChI=1S/C18H27N3O3S/c1-4-24-10-12(22)8-21(3)9-15-19-17(23)16-13-6-5-11(2)7-14(13)25-18(16)20-15/h11-12,22H,4-10H2,1-3H3,(H,19,20,23)/t11-,12-/m1/s1. The number of hydrogen-bond acceptors (Lipinski definition) is 6. The van der Waals surface area contributed by atoms with Crippen LogP contribution in [-0.4, -0.2) is 52.9 Å². The van der Waals surface area contributed by atoms with Crippen LogP contribution >= 0.6 is 11.3 Å². The number of nitrogens with zero attached hydrogens (tertiary/aromatic N) is 2. The number of likely N-dealkylation sites (N-methyl/N-ethyl adjacent to an activating group) is 1. The number of rotatable bonds is 7. The second-order valence-electron chi connectivity index (χ2n) is 7.05. The lowest BCUT2D eigenvalue weighted by atomic mass is 9.89. The van der Waals surface area contributed by atoms with Gasteiger partial charge in [-0.15, -0.1) is 11.3 Å². The van der Waals surface area contributed by atoms with Crippen LogP contribution in [0.5, 0.6) is 0 Å². The van der Waals surface area contributed by atoms with Crippen LogP contribution in [0.4, 0.5) is 0 Å². The predicted octanol–water partition coefficient (Wildman–Crippen LogP) is 1.94. The predicted molar refractivity (Wildman–Crippen MR) is 100 cm³/mol. The molecule has 2 N–H and O–H groups in total. The van der Waals surface area contributed by atoms with Crippen molar-refractivity contribution in [1.29, 1.82) is 0 Å². The molecule has 0 saturated heterocycles. The first-order chi connectivity index (χ1) is 12.0. The van der Waals surface area contributed by atoms with Crippen LogP contribution in [0.2, 0.25) is 0 Å². The first kappa shape index (κ1) is 18.5. The van der Waals surface area contributed by atoms with Crippen LogP contribution in [0.15, 0.2) is 4.79 Å². The quantitative estimate of drug-likeness (QED) is 0.784. The number of fused-ring (bicyclic) bond motifs is 3. The van der Waals surface area contributed by atoms with Crippen LogP contribution in [-0.2, 0) is 24.1 Å². The van der Waals surface area contributed by atoms with E-state index in [9.17, 15) is 9.90 Å². The average molecular weight is 365 g/mol. The van der Waals surface area contributed by atoms with Gasteiger partial charge in [-0.05, 0) is 44.7 Å². The summed E-state index contributed by atoms with van der Waals surface area (Å²) in [6.07, 6.45) is 2.62. The van der Waals surface area contributed by atoms with Crippen molar-refractivity contribution in [2.75, 3.05) is 26.8 Å². The maximum atomic E-state index is 12.6. The summed E-state index contributed by atoms with van der Waals surface area (Å²) in [5.41, 5.74) is 1.18. The van der Waals surface area contributed by atoms with E-state index >= 15 is 0 Å². The first-order valence-electron chi connectivity index (χ1n) is 8.95. The lowest BCUT2D eigenvalue weighted by molar-refractivity contribution is 0.0240. The van der Waals surface area contributed by atoms with Gasteiger partial charge in [0.15, 0.2) is 0 Å². The third-order valence-corrected chi connectivity index (χ3v) is 5.82. The van der Waals surface area contributed by atoms with Gasteiger partial charge in [-0.1, -0.05) is 6.92 Å². The minimum atomic E-state index is -0.545. The van der Waals surface area contributed by atoms with Crippen LogP contribution in [0.25, 0.3) is 10.2 Å². The Morgan fingerprint density at radius 3 is 3.08 bits per heavy atom. The zero-order valence-corrected chi connectivity index (χ0v) is 16.0. The van der Waals surface area contributed by atoms with Crippen LogP contribution in [0.1, 0.15) is 36.5 Å². The molecule has 3 rings (SSSR count). The average Bonchev–Trinajstić information content (AvgIpc) is 2.90. The zero-order valence-electron chi connectivity index (χ0n) is 15.2. The second-order valence-corrected chi connectivity index (χ2v) is 8.14. The number of ether oxygens (including phenoxy) is 1. The van der Waals surface area contributed by atoms with Crippen molar-refractivity contribution in [1.82, 2.24) is 14.9 Å². The minimum absolute atomic E-state index is 0.0321. The van der Waals surface area contributed by atoms with Crippen molar-refractivity contribution < 1.29 is 9.84 Å². The zero-order chi connectivity index (χ0) is 18.0. The van der Waals surface area contributed by atoms with Crippen molar-refractivity contribution in [3.63, 3.8) is 0 Å². The van der Waals surface area contributed by atoms with Gasteiger partial charge >= 0.3 is 0 Å². The molecule has 1 aliphatic rings. The molecule has 0 amide bonds. The van der Waals surface area contributed by atoms with Gasteiger partial charge in [-0.2, -0.15) is 0 Å². The second kappa shape index (κ2) is 7.95. The lowest BCUT2D eigenvalue weighted by Gasteiger charge is -2.19. The molecule has 0 unspecified atom stereocenters. The Hall–Kier alpha value is -1.28. The van der Waals surface area contributed by atoms with Crippen molar-refractivity contribution in [3.05, 3.63) is 26.6 Å². The summed E-state index contributed by atoms with van der Waals surface area (Å²) in [7, 11) is 1.90. The Bertz CT molecular complexity index is 786. The first-order valence-corrected chi connectivity index (χ1v) is 9.77. The largest absolute Gasteiger partial charge is 0.389 e. The molecule has 138 valence electrons. The fraction of sp³-hybridized carbons (Fsp3) is 0.667. The summed E-state index contributed by atoms with van der Waals surface area (Å²) in [4.78, 5) is 24.3. The summed E-state index contributed by atoms with van der Waals surface area (Å²) in [6.45, 7) is 6.04. The SMILES string of the molecule is CCOC[C@H](O)CN(C)Cc1nc2sc3c(c2c(=O)[nH]1)CC[C@@H](C)C3. The van der Waals surface area contributed by atoms with Crippen molar-refractivity contribution in [3.8, 4) is 0 Å². The maximum Gasteiger partial charge on any atom is 0.259 e. The Morgan fingerprint density at radius 1 is 1.52 bits per heavy atom. The third-order valence-electron chi connectivity index (χ3n) is 4.67. The van der Waals surface area contributed by atoms with E-state index in [0.717, 1.165) is 29.5 Å². The Labute approximate surface area is 151 Å². The molecule has 2 aromatic rings. The van der Waals surface area contributed by atoms with E-state index in [4.69, 9.17) is 4.74 Å². The topological polar surface area (TPSA) is 78.5 Å². The van der Waals surface area contributed by atoms with Gasteiger partial charge in [0.2, 0.25) is 0 Å². The molecule has 1 aliphatic carbocycles. The normalized spacial score (nSPS) is 18.7. The summed E-state index contributed by atoms with van der Waals surface area (Å²) >= 11 is 1.66. The number of aryl methyl sites for hydroxylation is 1. The molecular formula is C18H27N3O3S. The highest BCUT2D eigenvalue weighted by atomic mass is 32.1. The van der Waals surface area contributed by atoms with E-state index in [-0.39, 0.29) is 5.56 Å². The molecule has 25 heavy (non-hydrogen) atoms. The number of aromatic nitrogens is 2. The molecule has 0 spiro atoms. The van der Waals surface area contributed by atoms with E-state index in [0.29, 0.717) is 38.0 Å². The Balaban J connectivity index is 1.76. The molecule has 2 atom stereocenters. The number of aliphatic hydroxyl groups is 1. The van der Waals surface area contributed by atoms with Gasteiger partial charge in [0.05, 0.1) is 24.6 Å². The van der Waals surface area contributed by atoms with Gasteiger partial charge in [0.1, 0.15) is 10.7 Å².